The van der Waals surface area contributed by atoms with Gasteiger partial charge in [-0.15, -0.1) is 0 Å². The third kappa shape index (κ3) is 2.33. The lowest BCUT2D eigenvalue weighted by Gasteiger charge is -1.99. The molecule has 0 aliphatic carbocycles. The van der Waals surface area contributed by atoms with Gasteiger partial charge in [0.1, 0.15) is 0 Å². The number of hydrogen-bond acceptors (Lipinski definition) is 4. The summed E-state index contributed by atoms with van der Waals surface area (Å²) < 4.78 is 5.38. The van der Waals surface area contributed by atoms with Gasteiger partial charge in [-0.2, -0.15) is 4.98 Å². The zero-order valence-electron chi connectivity index (χ0n) is 11.1. The second-order valence-electron chi connectivity index (χ2n) is 5.02. The van der Waals surface area contributed by atoms with E-state index in [-0.39, 0.29) is 0 Å². The largest absolute Gasteiger partial charge is 0.334 e. The number of nitrogens with one attached hydrogen (secondary N) is 1. The first-order chi connectivity index (χ1) is 10.3. The molecule has 3 aromatic rings. The first kappa shape index (κ1) is 12.6. The van der Waals surface area contributed by atoms with Gasteiger partial charge in [0.05, 0.1) is 0 Å². The van der Waals surface area contributed by atoms with Crippen LogP contribution in [0, 0.1) is 0 Å². The Bertz CT molecular complexity index is 813. The first-order valence-electron chi connectivity index (χ1n) is 6.72. The fraction of sp³-hybridized carbons (Fsp3) is 0.125. The van der Waals surface area contributed by atoms with Crippen molar-refractivity contribution in [3.63, 3.8) is 0 Å². The molecular formula is C16H12ClN3O. The molecule has 1 N–H and O–H groups in total. The van der Waals surface area contributed by atoms with E-state index in [0.29, 0.717) is 16.7 Å². The molecule has 0 saturated heterocycles. The standard InChI is InChI=1S/C16H12ClN3O/c17-14-3-1-2-10(7-14)15-19-16(21-20-15)11-4-5-12-8-18-9-13(12)6-11/h1-7,18H,8-9H2. The highest BCUT2D eigenvalue weighted by molar-refractivity contribution is 6.30. The second kappa shape index (κ2) is 4.98. The number of nitrogens with zero attached hydrogens (tertiary/aromatic N) is 2. The minimum absolute atomic E-state index is 0.527. The zero-order chi connectivity index (χ0) is 14.2. The Labute approximate surface area is 126 Å². The van der Waals surface area contributed by atoms with Crippen molar-refractivity contribution < 1.29 is 4.52 Å². The Kier molecular flexibility index (Phi) is 2.98. The molecule has 0 saturated carbocycles. The number of aromatic nitrogens is 2. The molecule has 0 fully saturated rings. The Balaban J connectivity index is 1.71. The maximum atomic E-state index is 5.99. The first-order valence-corrected chi connectivity index (χ1v) is 7.10. The topological polar surface area (TPSA) is 51.0 Å². The maximum absolute atomic E-state index is 5.99. The smallest absolute Gasteiger partial charge is 0.258 e. The number of benzene rings is 2. The van der Waals surface area contributed by atoms with Crippen LogP contribution in [0.3, 0.4) is 0 Å². The fourth-order valence-corrected chi connectivity index (χ4v) is 2.70. The van der Waals surface area contributed by atoms with Gasteiger partial charge >= 0.3 is 0 Å². The van der Waals surface area contributed by atoms with Gasteiger partial charge in [-0.1, -0.05) is 35.0 Å². The van der Waals surface area contributed by atoms with Crippen molar-refractivity contribution >= 4 is 11.6 Å². The monoisotopic (exact) mass is 297 g/mol. The van der Waals surface area contributed by atoms with Crippen molar-refractivity contribution in [2.24, 2.45) is 0 Å². The normalized spacial score (nSPS) is 13.4. The average molecular weight is 298 g/mol. The van der Waals surface area contributed by atoms with Crippen LogP contribution >= 0.6 is 11.6 Å². The highest BCUT2D eigenvalue weighted by Gasteiger charge is 2.15. The van der Waals surface area contributed by atoms with Crippen molar-refractivity contribution in [2.75, 3.05) is 0 Å². The molecule has 5 heteroatoms. The van der Waals surface area contributed by atoms with Gasteiger partial charge in [-0.05, 0) is 35.4 Å². The summed E-state index contributed by atoms with van der Waals surface area (Å²) in [6.45, 7) is 1.81. The van der Waals surface area contributed by atoms with Gasteiger partial charge in [0.2, 0.25) is 5.82 Å². The number of rotatable bonds is 2. The third-order valence-corrected chi connectivity index (χ3v) is 3.83. The Morgan fingerprint density at radius 3 is 2.81 bits per heavy atom. The van der Waals surface area contributed by atoms with Crippen molar-refractivity contribution in [2.45, 2.75) is 13.1 Å². The molecule has 104 valence electrons. The molecule has 0 radical (unpaired) electrons. The van der Waals surface area contributed by atoms with E-state index in [2.05, 4.69) is 27.6 Å². The number of hydrogen-bond donors (Lipinski definition) is 1. The molecule has 0 spiro atoms. The van der Waals surface area contributed by atoms with Crippen molar-refractivity contribution in [1.82, 2.24) is 15.5 Å². The van der Waals surface area contributed by atoms with Gasteiger partial charge < -0.3 is 9.84 Å². The predicted molar refractivity (Wildman–Crippen MR) is 80.7 cm³/mol. The van der Waals surface area contributed by atoms with Crippen molar-refractivity contribution in [3.05, 3.63) is 58.6 Å². The van der Waals surface area contributed by atoms with Crippen LogP contribution in [0.4, 0.5) is 0 Å². The molecule has 4 nitrogen and oxygen atoms in total. The molecule has 2 heterocycles. The summed E-state index contributed by atoms with van der Waals surface area (Å²) in [6, 6.07) is 13.6. The molecule has 0 unspecified atom stereocenters. The van der Waals surface area contributed by atoms with Gasteiger partial charge in [0.25, 0.3) is 5.89 Å². The highest BCUT2D eigenvalue weighted by atomic mass is 35.5. The summed E-state index contributed by atoms with van der Waals surface area (Å²) >= 11 is 5.99. The van der Waals surface area contributed by atoms with Crippen molar-refractivity contribution in [1.29, 1.82) is 0 Å². The Morgan fingerprint density at radius 1 is 1.00 bits per heavy atom. The second-order valence-corrected chi connectivity index (χ2v) is 5.46. The van der Waals surface area contributed by atoms with Gasteiger partial charge in [-0.25, -0.2) is 0 Å². The van der Waals surface area contributed by atoms with E-state index >= 15 is 0 Å². The molecule has 1 aliphatic heterocycles. The molecule has 21 heavy (non-hydrogen) atoms. The van der Waals surface area contributed by atoms with Crippen LogP contribution in [-0.2, 0) is 13.1 Å². The maximum Gasteiger partial charge on any atom is 0.258 e. The number of fused-ring (bicyclic) bond motifs is 1. The lowest BCUT2D eigenvalue weighted by Crippen LogP contribution is -1.99. The third-order valence-electron chi connectivity index (χ3n) is 3.59. The fourth-order valence-electron chi connectivity index (χ4n) is 2.51. The van der Waals surface area contributed by atoms with Crippen LogP contribution in [0.15, 0.2) is 47.0 Å². The van der Waals surface area contributed by atoms with Crippen LogP contribution in [-0.4, -0.2) is 10.1 Å². The van der Waals surface area contributed by atoms with E-state index in [1.807, 2.05) is 30.3 Å². The van der Waals surface area contributed by atoms with Crippen LogP contribution in [0.1, 0.15) is 11.1 Å². The van der Waals surface area contributed by atoms with Crippen molar-refractivity contribution in [3.8, 4) is 22.8 Å². The van der Waals surface area contributed by atoms with E-state index in [1.165, 1.54) is 11.1 Å². The molecular weight excluding hydrogens is 286 g/mol. The Morgan fingerprint density at radius 2 is 1.90 bits per heavy atom. The minimum atomic E-state index is 0.527. The molecule has 0 bridgehead atoms. The summed E-state index contributed by atoms with van der Waals surface area (Å²) in [7, 11) is 0. The van der Waals surface area contributed by atoms with Gasteiger partial charge in [0.15, 0.2) is 0 Å². The lowest BCUT2D eigenvalue weighted by atomic mass is 10.1. The average Bonchev–Trinajstić information content (AvgIpc) is 3.15. The quantitative estimate of drug-likeness (QED) is 0.784. The highest BCUT2D eigenvalue weighted by Crippen LogP contribution is 2.26. The van der Waals surface area contributed by atoms with Crippen LogP contribution < -0.4 is 5.32 Å². The molecule has 0 amide bonds. The number of halogens is 1. The molecule has 2 aromatic carbocycles. The lowest BCUT2D eigenvalue weighted by molar-refractivity contribution is 0.432. The SMILES string of the molecule is Clc1cccc(-c2noc(-c3ccc4c(c3)CNC4)n2)c1. The van der Waals surface area contributed by atoms with E-state index < -0.39 is 0 Å². The molecule has 4 rings (SSSR count). The molecule has 0 atom stereocenters. The zero-order valence-corrected chi connectivity index (χ0v) is 11.9. The summed E-state index contributed by atoms with van der Waals surface area (Å²) in [4.78, 5) is 4.46. The summed E-state index contributed by atoms with van der Waals surface area (Å²) in [5, 5.41) is 8.01. The van der Waals surface area contributed by atoms with E-state index in [0.717, 1.165) is 24.2 Å². The van der Waals surface area contributed by atoms with Crippen LogP contribution in [0.5, 0.6) is 0 Å². The van der Waals surface area contributed by atoms with Gasteiger partial charge in [-0.3, -0.25) is 0 Å². The van der Waals surface area contributed by atoms with E-state index in [9.17, 15) is 0 Å². The van der Waals surface area contributed by atoms with E-state index in [4.69, 9.17) is 16.1 Å². The summed E-state index contributed by atoms with van der Waals surface area (Å²) in [5.41, 5.74) is 4.40. The predicted octanol–water partition coefficient (Wildman–Crippen LogP) is 3.66. The van der Waals surface area contributed by atoms with Crippen LogP contribution in [0.25, 0.3) is 22.8 Å². The summed E-state index contributed by atoms with van der Waals surface area (Å²) in [5.74, 6) is 1.07. The van der Waals surface area contributed by atoms with Gasteiger partial charge in [0, 0.05) is 29.2 Å². The summed E-state index contributed by atoms with van der Waals surface area (Å²) in [6.07, 6.45) is 0. The van der Waals surface area contributed by atoms with E-state index in [1.54, 1.807) is 0 Å². The Hall–Kier alpha value is -2.17. The molecule has 1 aliphatic rings. The molecule has 1 aromatic heterocycles. The van der Waals surface area contributed by atoms with Crippen LogP contribution in [0.2, 0.25) is 5.02 Å². The minimum Gasteiger partial charge on any atom is -0.334 e.